The van der Waals surface area contributed by atoms with Crippen molar-refractivity contribution in [1.29, 1.82) is 0 Å². The molecular weight excluding hydrogens is 456 g/mol. The van der Waals surface area contributed by atoms with Crippen molar-refractivity contribution >= 4 is 29.4 Å². The van der Waals surface area contributed by atoms with Crippen LogP contribution >= 0.6 is 11.3 Å². The Labute approximate surface area is 198 Å². The Morgan fingerprint density at radius 2 is 1.88 bits per heavy atom. The van der Waals surface area contributed by atoms with Crippen LogP contribution in [0, 0.1) is 0 Å². The van der Waals surface area contributed by atoms with Crippen LogP contribution in [0.1, 0.15) is 41.4 Å². The van der Waals surface area contributed by atoms with Gasteiger partial charge in [-0.15, -0.1) is 0 Å². The van der Waals surface area contributed by atoms with Gasteiger partial charge in [0.2, 0.25) is 0 Å². The average molecular weight is 478 g/mol. The summed E-state index contributed by atoms with van der Waals surface area (Å²) in [6.45, 7) is 3.61. The summed E-state index contributed by atoms with van der Waals surface area (Å²) in [6, 6.07) is 12.4. The van der Waals surface area contributed by atoms with Gasteiger partial charge in [-0.3, -0.25) is 9.36 Å². The van der Waals surface area contributed by atoms with Gasteiger partial charge in [0, 0.05) is 5.56 Å². The van der Waals surface area contributed by atoms with E-state index in [2.05, 4.69) is 4.99 Å². The molecular formula is C25H21N2O6S-. The SMILES string of the molecule is CCOC(=O)C1=C(C)N=c2s/c(=C\c3ccc(C(=O)[O-])cc3)c(=O)n2[C@H]1c1ccccc1OC. The second kappa shape index (κ2) is 9.48. The second-order valence-electron chi connectivity index (χ2n) is 7.45. The number of hydrogen-bond acceptors (Lipinski definition) is 8. The minimum atomic E-state index is -1.27. The average Bonchev–Trinajstić information content (AvgIpc) is 3.13. The largest absolute Gasteiger partial charge is 0.545 e. The van der Waals surface area contributed by atoms with Gasteiger partial charge in [0.1, 0.15) is 11.8 Å². The number of carbonyl (C=O) groups is 2. The summed E-state index contributed by atoms with van der Waals surface area (Å²) in [5.74, 6) is -1.30. The molecule has 0 saturated carbocycles. The maximum atomic E-state index is 13.6. The molecule has 0 saturated heterocycles. The summed E-state index contributed by atoms with van der Waals surface area (Å²) in [6.07, 6.45) is 1.66. The number of thiazole rings is 1. The Bertz CT molecular complexity index is 1480. The molecule has 2 aromatic carbocycles. The second-order valence-corrected chi connectivity index (χ2v) is 8.46. The predicted molar refractivity (Wildman–Crippen MR) is 124 cm³/mol. The van der Waals surface area contributed by atoms with Crippen molar-refractivity contribution in [2.45, 2.75) is 19.9 Å². The summed E-state index contributed by atoms with van der Waals surface area (Å²) in [5.41, 5.74) is 1.71. The normalized spacial score (nSPS) is 15.5. The first kappa shape index (κ1) is 23.2. The summed E-state index contributed by atoms with van der Waals surface area (Å²) in [5, 5.41) is 11.0. The van der Waals surface area contributed by atoms with Gasteiger partial charge >= 0.3 is 5.97 Å². The first-order valence-corrected chi connectivity index (χ1v) is 11.3. The van der Waals surface area contributed by atoms with E-state index in [0.717, 1.165) is 0 Å². The third-order valence-corrected chi connectivity index (χ3v) is 6.38. The topological polar surface area (TPSA) is 110 Å². The van der Waals surface area contributed by atoms with Gasteiger partial charge in [-0.1, -0.05) is 53.8 Å². The molecule has 4 rings (SSSR count). The van der Waals surface area contributed by atoms with Gasteiger partial charge in [-0.05, 0) is 37.1 Å². The smallest absolute Gasteiger partial charge is 0.338 e. The Morgan fingerprint density at radius 3 is 2.53 bits per heavy atom. The molecule has 34 heavy (non-hydrogen) atoms. The minimum Gasteiger partial charge on any atom is -0.545 e. The van der Waals surface area contributed by atoms with Crippen molar-refractivity contribution in [1.82, 2.24) is 4.57 Å². The number of benzene rings is 2. The molecule has 0 N–H and O–H groups in total. The number of hydrogen-bond donors (Lipinski definition) is 0. The van der Waals surface area contributed by atoms with Crippen LogP contribution in [0.3, 0.4) is 0 Å². The van der Waals surface area contributed by atoms with Crippen LogP contribution < -0.4 is 24.7 Å². The van der Waals surface area contributed by atoms with Crippen molar-refractivity contribution in [3.8, 4) is 5.75 Å². The fourth-order valence-corrected chi connectivity index (χ4v) is 4.89. The first-order chi connectivity index (χ1) is 16.3. The predicted octanol–water partition coefficient (Wildman–Crippen LogP) is 1.17. The van der Waals surface area contributed by atoms with Gasteiger partial charge in [-0.2, -0.15) is 0 Å². The summed E-state index contributed by atoms with van der Waals surface area (Å²) in [7, 11) is 1.53. The van der Waals surface area contributed by atoms with E-state index in [1.807, 2.05) is 12.1 Å². The number of para-hydroxylation sites is 1. The Hall–Kier alpha value is -3.98. The number of rotatable bonds is 6. The van der Waals surface area contributed by atoms with Crippen molar-refractivity contribution in [2.75, 3.05) is 13.7 Å². The molecule has 1 atom stereocenters. The van der Waals surface area contributed by atoms with Crippen LogP contribution in [0.5, 0.6) is 5.75 Å². The van der Waals surface area contributed by atoms with Crippen LogP contribution in [-0.4, -0.2) is 30.2 Å². The lowest BCUT2D eigenvalue weighted by atomic mass is 9.95. The number of methoxy groups -OCH3 is 1. The van der Waals surface area contributed by atoms with E-state index in [9.17, 15) is 19.5 Å². The molecule has 2 heterocycles. The maximum absolute atomic E-state index is 13.6. The summed E-state index contributed by atoms with van der Waals surface area (Å²) < 4.78 is 12.7. The van der Waals surface area contributed by atoms with Gasteiger partial charge in [0.05, 0.1) is 35.5 Å². The zero-order valence-corrected chi connectivity index (χ0v) is 19.5. The highest BCUT2D eigenvalue weighted by Gasteiger charge is 2.34. The van der Waals surface area contributed by atoms with Gasteiger partial charge in [0.15, 0.2) is 4.80 Å². The molecule has 8 nitrogen and oxygen atoms in total. The van der Waals surface area contributed by atoms with E-state index >= 15 is 0 Å². The van der Waals surface area contributed by atoms with E-state index in [1.165, 1.54) is 35.1 Å². The number of carbonyl (C=O) groups excluding carboxylic acids is 2. The van der Waals surface area contributed by atoms with E-state index in [0.29, 0.717) is 31.9 Å². The lowest BCUT2D eigenvalue weighted by molar-refractivity contribution is -0.255. The van der Waals surface area contributed by atoms with E-state index in [1.54, 1.807) is 44.2 Å². The molecule has 0 amide bonds. The van der Waals surface area contributed by atoms with Crippen LogP contribution in [0.4, 0.5) is 0 Å². The highest BCUT2D eigenvalue weighted by molar-refractivity contribution is 7.07. The Balaban J connectivity index is 1.94. The third kappa shape index (κ3) is 4.17. The van der Waals surface area contributed by atoms with Crippen LogP contribution in [0.15, 0.2) is 69.6 Å². The zero-order valence-electron chi connectivity index (χ0n) is 18.7. The van der Waals surface area contributed by atoms with Crippen molar-refractivity contribution < 1.29 is 24.2 Å². The van der Waals surface area contributed by atoms with Crippen LogP contribution in [-0.2, 0) is 9.53 Å². The number of ether oxygens (including phenoxy) is 2. The molecule has 1 aliphatic heterocycles. The molecule has 0 spiro atoms. The Kier molecular flexibility index (Phi) is 6.47. The molecule has 0 bridgehead atoms. The summed E-state index contributed by atoms with van der Waals surface area (Å²) in [4.78, 5) is 42.5. The number of allylic oxidation sites excluding steroid dienone is 1. The molecule has 1 aliphatic rings. The number of aromatic nitrogens is 1. The lowest BCUT2D eigenvalue weighted by Crippen LogP contribution is -2.40. The summed E-state index contributed by atoms with van der Waals surface area (Å²) >= 11 is 1.18. The monoisotopic (exact) mass is 477 g/mol. The third-order valence-electron chi connectivity index (χ3n) is 5.39. The Morgan fingerprint density at radius 1 is 1.18 bits per heavy atom. The van der Waals surface area contributed by atoms with E-state index < -0.39 is 18.0 Å². The molecule has 0 aliphatic carbocycles. The van der Waals surface area contributed by atoms with E-state index in [-0.39, 0.29) is 23.3 Å². The molecule has 9 heteroatoms. The highest BCUT2D eigenvalue weighted by Crippen LogP contribution is 2.35. The van der Waals surface area contributed by atoms with Gasteiger partial charge < -0.3 is 19.4 Å². The zero-order chi connectivity index (χ0) is 24.4. The minimum absolute atomic E-state index is 0.0458. The molecule has 3 aromatic rings. The van der Waals surface area contributed by atoms with Crippen LogP contribution in [0.25, 0.3) is 6.08 Å². The van der Waals surface area contributed by atoms with Crippen LogP contribution in [0.2, 0.25) is 0 Å². The molecule has 0 radical (unpaired) electrons. The maximum Gasteiger partial charge on any atom is 0.338 e. The van der Waals surface area contributed by atoms with Gasteiger partial charge in [0.25, 0.3) is 5.56 Å². The fourth-order valence-electron chi connectivity index (χ4n) is 3.84. The van der Waals surface area contributed by atoms with Crippen molar-refractivity contribution in [2.24, 2.45) is 4.99 Å². The molecule has 0 unspecified atom stereocenters. The van der Waals surface area contributed by atoms with Crippen molar-refractivity contribution in [3.05, 3.63) is 96.2 Å². The number of aromatic carboxylic acids is 1. The highest BCUT2D eigenvalue weighted by atomic mass is 32.1. The number of carboxylic acid groups (broad SMARTS) is 1. The van der Waals surface area contributed by atoms with Gasteiger partial charge in [-0.25, -0.2) is 9.79 Å². The van der Waals surface area contributed by atoms with Crippen molar-refractivity contribution in [3.63, 3.8) is 0 Å². The number of nitrogens with zero attached hydrogens (tertiary/aromatic N) is 2. The first-order valence-electron chi connectivity index (χ1n) is 10.5. The lowest BCUT2D eigenvalue weighted by Gasteiger charge is -2.25. The molecule has 0 fully saturated rings. The quantitative estimate of drug-likeness (QED) is 0.493. The number of esters is 1. The van der Waals surface area contributed by atoms with E-state index in [4.69, 9.17) is 9.47 Å². The standard InChI is InChI=1S/C25H22N2O6S/c1-4-33-24(31)20-14(2)26-25-27(21(20)17-7-5-6-8-18(17)32-3)22(28)19(34-25)13-15-9-11-16(12-10-15)23(29)30/h5-13,21H,4H2,1-3H3,(H,29,30)/p-1/b19-13-/t21-/m0/s1. The molecule has 174 valence electrons. The molecule has 1 aromatic heterocycles. The fraction of sp³-hybridized carbons (Fsp3) is 0.200. The number of carboxylic acids is 1. The number of fused-ring (bicyclic) bond motifs is 1.